The fourth-order valence-electron chi connectivity index (χ4n) is 2.67. The summed E-state index contributed by atoms with van der Waals surface area (Å²) < 4.78 is 51.8. The van der Waals surface area contributed by atoms with Crippen LogP contribution >= 0.6 is 0 Å². The SMILES string of the molecule is CC.CNc1ccc(CN2CCN(CCF)CC2)c(C(F)(F)F)c1. The van der Waals surface area contributed by atoms with Crippen LogP contribution in [0.5, 0.6) is 0 Å². The molecule has 1 heterocycles. The lowest BCUT2D eigenvalue weighted by Gasteiger charge is -2.34. The Kier molecular flexibility index (Phi) is 8.48. The topological polar surface area (TPSA) is 18.5 Å². The normalized spacial score (nSPS) is 16.5. The zero-order chi connectivity index (χ0) is 18.2. The lowest BCUT2D eigenvalue weighted by Crippen LogP contribution is -2.46. The first kappa shape index (κ1) is 20.7. The van der Waals surface area contributed by atoms with Crippen LogP contribution in [0.1, 0.15) is 25.0 Å². The van der Waals surface area contributed by atoms with Gasteiger partial charge in [0.15, 0.2) is 0 Å². The van der Waals surface area contributed by atoms with Gasteiger partial charge in [-0.3, -0.25) is 9.80 Å². The molecule has 1 N–H and O–H groups in total. The van der Waals surface area contributed by atoms with Crippen molar-refractivity contribution >= 4 is 5.69 Å². The van der Waals surface area contributed by atoms with Crippen LogP contribution in [-0.2, 0) is 12.7 Å². The first-order valence-corrected chi connectivity index (χ1v) is 8.32. The van der Waals surface area contributed by atoms with Crippen molar-refractivity contribution in [3.8, 4) is 0 Å². The second kappa shape index (κ2) is 9.84. The minimum Gasteiger partial charge on any atom is -0.388 e. The van der Waals surface area contributed by atoms with Gasteiger partial charge in [-0.2, -0.15) is 13.2 Å². The molecule has 0 spiro atoms. The Morgan fingerprint density at radius 1 is 1.04 bits per heavy atom. The molecule has 24 heavy (non-hydrogen) atoms. The van der Waals surface area contributed by atoms with Crippen LogP contribution in [0.15, 0.2) is 18.2 Å². The Balaban J connectivity index is 0.00000139. The Morgan fingerprint density at radius 2 is 1.62 bits per heavy atom. The third-order valence-corrected chi connectivity index (χ3v) is 3.96. The predicted octanol–water partition coefficient (Wildman–Crippen LogP) is 3.86. The molecule has 1 saturated heterocycles. The minimum atomic E-state index is -4.36. The molecule has 0 aliphatic carbocycles. The lowest BCUT2D eigenvalue weighted by molar-refractivity contribution is -0.138. The number of hydrogen-bond acceptors (Lipinski definition) is 3. The van der Waals surface area contributed by atoms with Gasteiger partial charge < -0.3 is 5.32 Å². The number of nitrogens with one attached hydrogen (secondary N) is 1. The quantitative estimate of drug-likeness (QED) is 0.815. The van der Waals surface area contributed by atoms with Crippen LogP contribution in [-0.4, -0.2) is 56.2 Å². The minimum absolute atomic E-state index is 0.266. The molecule has 1 aliphatic heterocycles. The van der Waals surface area contributed by atoms with Crippen molar-refractivity contribution in [1.29, 1.82) is 0 Å². The van der Waals surface area contributed by atoms with Crippen molar-refractivity contribution in [2.75, 3.05) is 51.8 Å². The summed E-state index contributed by atoms with van der Waals surface area (Å²) in [5.74, 6) is 0. The summed E-state index contributed by atoms with van der Waals surface area (Å²) in [6, 6.07) is 4.33. The average molecular weight is 349 g/mol. The number of nitrogens with zero attached hydrogens (tertiary/aromatic N) is 2. The average Bonchev–Trinajstić information content (AvgIpc) is 2.58. The van der Waals surface area contributed by atoms with E-state index < -0.39 is 11.7 Å². The van der Waals surface area contributed by atoms with E-state index in [4.69, 9.17) is 0 Å². The van der Waals surface area contributed by atoms with Crippen molar-refractivity contribution in [2.45, 2.75) is 26.6 Å². The van der Waals surface area contributed by atoms with Crippen molar-refractivity contribution in [2.24, 2.45) is 0 Å². The molecule has 0 unspecified atom stereocenters. The van der Waals surface area contributed by atoms with E-state index >= 15 is 0 Å². The van der Waals surface area contributed by atoms with Crippen LogP contribution in [0, 0.1) is 0 Å². The summed E-state index contributed by atoms with van der Waals surface area (Å²) >= 11 is 0. The van der Waals surface area contributed by atoms with Gasteiger partial charge >= 0.3 is 6.18 Å². The molecule has 0 aromatic heterocycles. The smallest absolute Gasteiger partial charge is 0.388 e. The Bertz CT molecular complexity index is 483. The maximum Gasteiger partial charge on any atom is 0.416 e. The fraction of sp³-hybridized carbons (Fsp3) is 0.647. The van der Waals surface area contributed by atoms with E-state index in [0.29, 0.717) is 38.4 Å². The van der Waals surface area contributed by atoms with Crippen LogP contribution in [0.3, 0.4) is 0 Å². The highest BCUT2D eigenvalue weighted by Gasteiger charge is 2.34. The summed E-state index contributed by atoms with van der Waals surface area (Å²) in [4.78, 5) is 3.98. The van der Waals surface area contributed by atoms with Crippen LogP contribution in [0.25, 0.3) is 0 Å². The predicted molar refractivity (Wildman–Crippen MR) is 90.0 cm³/mol. The summed E-state index contributed by atoms with van der Waals surface area (Å²) in [5.41, 5.74) is 0.139. The Labute approximate surface area is 141 Å². The second-order valence-corrected chi connectivity index (χ2v) is 5.43. The van der Waals surface area contributed by atoms with Crippen molar-refractivity contribution < 1.29 is 17.6 Å². The second-order valence-electron chi connectivity index (χ2n) is 5.43. The van der Waals surface area contributed by atoms with Gasteiger partial charge in [0.25, 0.3) is 0 Å². The van der Waals surface area contributed by atoms with Crippen molar-refractivity contribution in [3.63, 3.8) is 0 Å². The summed E-state index contributed by atoms with van der Waals surface area (Å²) in [7, 11) is 1.60. The lowest BCUT2D eigenvalue weighted by atomic mass is 10.0. The molecule has 0 atom stereocenters. The standard InChI is InChI=1S/C15H21F4N3.C2H6/c1-20-13-3-2-12(14(10-13)15(17,18)19)11-22-8-6-21(5-4-16)7-9-22;1-2/h2-3,10,20H,4-9,11H2,1H3;1-2H3. The van der Waals surface area contributed by atoms with Crippen LogP contribution < -0.4 is 5.32 Å². The molecular weight excluding hydrogens is 322 g/mol. The number of anilines is 1. The molecule has 3 nitrogen and oxygen atoms in total. The van der Waals surface area contributed by atoms with Crippen molar-refractivity contribution in [3.05, 3.63) is 29.3 Å². The van der Waals surface area contributed by atoms with E-state index in [0.717, 1.165) is 6.07 Å². The van der Waals surface area contributed by atoms with Gasteiger partial charge in [-0.15, -0.1) is 0 Å². The fourth-order valence-corrected chi connectivity index (χ4v) is 2.67. The first-order valence-electron chi connectivity index (χ1n) is 8.32. The number of hydrogen-bond donors (Lipinski definition) is 1. The van der Waals surface area contributed by atoms with E-state index in [1.807, 2.05) is 23.6 Å². The van der Waals surface area contributed by atoms with Gasteiger partial charge in [0.1, 0.15) is 6.67 Å². The third kappa shape index (κ3) is 5.94. The van der Waals surface area contributed by atoms with Crippen LogP contribution in [0.4, 0.5) is 23.2 Å². The zero-order valence-electron chi connectivity index (χ0n) is 14.6. The molecule has 138 valence electrons. The number of benzene rings is 1. The van der Waals surface area contributed by atoms with Crippen LogP contribution in [0.2, 0.25) is 0 Å². The van der Waals surface area contributed by atoms with E-state index in [-0.39, 0.29) is 18.8 Å². The molecule has 7 heteroatoms. The van der Waals surface area contributed by atoms with Gasteiger partial charge in [0.2, 0.25) is 0 Å². The summed E-state index contributed by atoms with van der Waals surface area (Å²) in [5, 5.41) is 2.73. The molecule has 0 bridgehead atoms. The molecular formula is C17H27F4N3. The van der Waals surface area contributed by atoms with E-state index in [1.165, 1.54) is 6.07 Å². The van der Waals surface area contributed by atoms with Gasteiger partial charge in [0.05, 0.1) is 5.56 Å². The Hall–Kier alpha value is -1.34. The highest BCUT2D eigenvalue weighted by atomic mass is 19.4. The maximum absolute atomic E-state index is 13.2. The number of halogens is 4. The highest BCUT2D eigenvalue weighted by Crippen LogP contribution is 2.34. The highest BCUT2D eigenvalue weighted by molar-refractivity contribution is 5.49. The molecule has 1 aromatic carbocycles. The van der Waals surface area contributed by atoms with Gasteiger partial charge in [-0.25, -0.2) is 4.39 Å². The third-order valence-electron chi connectivity index (χ3n) is 3.96. The number of rotatable bonds is 5. The summed E-state index contributed by atoms with van der Waals surface area (Å²) in [6.45, 7) is 6.99. The molecule has 2 rings (SSSR count). The molecule has 0 radical (unpaired) electrons. The Morgan fingerprint density at radius 3 is 2.12 bits per heavy atom. The molecule has 1 aromatic rings. The van der Waals surface area contributed by atoms with Gasteiger partial charge in [0, 0.05) is 52.0 Å². The first-order chi connectivity index (χ1) is 11.4. The molecule has 1 aliphatic rings. The molecule has 0 amide bonds. The van der Waals surface area contributed by atoms with E-state index in [1.54, 1.807) is 13.1 Å². The van der Waals surface area contributed by atoms with Gasteiger partial charge in [-0.1, -0.05) is 19.9 Å². The van der Waals surface area contributed by atoms with Crippen molar-refractivity contribution in [1.82, 2.24) is 9.80 Å². The van der Waals surface area contributed by atoms with E-state index in [9.17, 15) is 17.6 Å². The van der Waals surface area contributed by atoms with E-state index in [2.05, 4.69) is 5.32 Å². The largest absolute Gasteiger partial charge is 0.416 e. The zero-order valence-corrected chi connectivity index (χ0v) is 14.6. The van der Waals surface area contributed by atoms with Gasteiger partial charge in [-0.05, 0) is 17.7 Å². The molecule has 0 saturated carbocycles. The number of alkyl halides is 4. The number of piperazine rings is 1. The maximum atomic E-state index is 13.2. The monoisotopic (exact) mass is 349 g/mol. The summed E-state index contributed by atoms with van der Waals surface area (Å²) in [6.07, 6.45) is -4.36. The molecule has 1 fully saturated rings.